The number of rotatable bonds is 2. The maximum absolute atomic E-state index is 12.7. The maximum atomic E-state index is 12.7. The van der Waals surface area contributed by atoms with E-state index >= 15 is 0 Å². The molecule has 2 aromatic carbocycles. The van der Waals surface area contributed by atoms with Crippen molar-refractivity contribution < 1.29 is 4.79 Å². The van der Waals surface area contributed by atoms with Crippen LogP contribution in [0.5, 0.6) is 0 Å². The Morgan fingerprint density at radius 1 is 0.850 bits per heavy atom. The van der Waals surface area contributed by atoms with E-state index in [2.05, 4.69) is 6.07 Å². The highest BCUT2D eigenvalue weighted by atomic mass is 16.2. The summed E-state index contributed by atoms with van der Waals surface area (Å²) < 4.78 is 0. The van der Waals surface area contributed by atoms with E-state index in [9.17, 15) is 4.79 Å². The number of aryl methyl sites for hydroxylation is 1. The summed E-state index contributed by atoms with van der Waals surface area (Å²) in [4.78, 5) is 16.4. The van der Waals surface area contributed by atoms with Gasteiger partial charge in [0.25, 0.3) is 0 Å². The number of para-hydroxylation sites is 1. The summed E-state index contributed by atoms with van der Waals surface area (Å²) in [5.41, 5.74) is 3.12. The van der Waals surface area contributed by atoms with E-state index in [0.717, 1.165) is 30.9 Å². The molecule has 102 valence electrons. The largest absolute Gasteiger partial charge is 0.328 e. The summed E-state index contributed by atoms with van der Waals surface area (Å²) in [7, 11) is 0. The predicted octanol–water partition coefficient (Wildman–Crippen LogP) is 3.83. The van der Waals surface area contributed by atoms with E-state index in [1.165, 1.54) is 5.56 Å². The molecule has 1 heterocycles. The molecule has 0 atom stereocenters. The van der Waals surface area contributed by atoms with E-state index in [4.69, 9.17) is 0 Å². The Balaban J connectivity index is 1.89. The van der Waals surface area contributed by atoms with Crippen molar-refractivity contribution in [3.8, 4) is 0 Å². The first-order valence-corrected chi connectivity index (χ1v) is 6.96. The molecule has 1 saturated heterocycles. The number of anilines is 2. The van der Waals surface area contributed by atoms with Crippen molar-refractivity contribution >= 4 is 17.4 Å². The van der Waals surface area contributed by atoms with Crippen LogP contribution < -0.4 is 9.80 Å². The Kier molecular flexibility index (Phi) is 3.42. The minimum Gasteiger partial charge on any atom is -0.294 e. The lowest BCUT2D eigenvalue weighted by atomic mass is 10.1. The van der Waals surface area contributed by atoms with Crippen molar-refractivity contribution in [3.05, 3.63) is 60.2 Å². The van der Waals surface area contributed by atoms with Gasteiger partial charge in [0, 0.05) is 24.5 Å². The molecule has 20 heavy (non-hydrogen) atoms. The molecule has 3 heteroatoms. The van der Waals surface area contributed by atoms with Gasteiger partial charge in [-0.2, -0.15) is 0 Å². The van der Waals surface area contributed by atoms with Crippen LogP contribution in [0.2, 0.25) is 0 Å². The number of hydrogen-bond acceptors (Lipinski definition) is 1. The van der Waals surface area contributed by atoms with Crippen molar-refractivity contribution in [2.24, 2.45) is 0 Å². The molecule has 0 spiro atoms. The lowest BCUT2D eigenvalue weighted by Crippen LogP contribution is -2.49. The number of nitrogens with zero attached hydrogens (tertiary/aromatic N) is 2. The summed E-state index contributed by atoms with van der Waals surface area (Å²) in [6.45, 7) is 3.61. The van der Waals surface area contributed by atoms with Gasteiger partial charge in [-0.05, 0) is 43.2 Å². The Morgan fingerprint density at radius 3 is 2.20 bits per heavy atom. The first kappa shape index (κ1) is 12.7. The van der Waals surface area contributed by atoms with Gasteiger partial charge in [0.2, 0.25) is 0 Å². The smallest absolute Gasteiger partial charge is 0.294 e. The van der Waals surface area contributed by atoms with E-state index in [-0.39, 0.29) is 6.03 Å². The summed E-state index contributed by atoms with van der Waals surface area (Å²) in [6.07, 6.45) is 0.981. The molecule has 1 aliphatic heterocycles. The summed E-state index contributed by atoms with van der Waals surface area (Å²) in [5.74, 6) is 0. The lowest BCUT2D eigenvalue weighted by Gasteiger charge is -2.35. The van der Waals surface area contributed by atoms with Crippen LogP contribution in [0, 0.1) is 6.92 Å². The first-order valence-electron chi connectivity index (χ1n) is 6.96. The van der Waals surface area contributed by atoms with Gasteiger partial charge in [-0.25, -0.2) is 4.79 Å². The zero-order valence-corrected chi connectivity index (χ0v) is 11.6. The molecule has 1 fully saturated rings. The molecule has 2 amide bonds. The van der Waals surface area contributed by atoms with Gasteiger partial charge in [-0.3, -0.25) is 9.80 Å². The van der Waals surface area contributed by atoms with Gasteiger partial charge in [-0.15, -0.1) is 0 Å². The van der Waals surface area contributed by atoms with Gasteiger partial charge >= 0.3 is 6.03 Å². The Morgan fingerprint density at radius 2 is 1.50 bits per heavy atom. The third-order valence-corrected chi connectivity index (χ3v) is 3.61. The molecule has 0 radical (unpaired) electrons. The SMILES string of the molecule is Cc1cccc(N2CCCN(c3ccccc3)C2=O)c1. The zero-order chi connectivity index (χ0) is 13.9. The highest BCUT2D eigenvalue weighted by Gasteiger charge is 2.27. The Hall–Kier alpha value is -2.29. The second kappa shape index (κ2) is 5.37. The molecule has 1 aliphatic rings. The number of urea groups is 1. The fourth-order valence-electron chi connectivity index (χ4n) is 2.61. The van der Waals surface area contributed by atoms with Crippen molar-refractivity contribution in [1.29, 1.82) is 0 Å². The van der Waals surface area contributed by atoms with Crippen molar-refractivity contribution in [3.63, 3.8) is 0 Å². The zero-order valence-electron chi connectivity index (χ0n) is 11.6. The van der Waals surface area contributed by atoms with Crippen LogP contribution in [0.15, 0.2) is 54.6 Å². The molecule has 0 bridgehead atoms. The fourth-order valence-corrected chi connectivity index (χ4v) is 2.61. The average Bonchev–Trinajstić information content (AvgIpc) is 2.48. The van der Waals surface area contributed by atoms with Crippen LogP contribution in [0.1, 0.15) is 12.0 Å². The van der Waals surface area contributed by atoms with Gasteiger partial charge < -0.3 is 0 Å². The normalized spacial score (nSPS) is 15.6. The molecule has 0 saturated carbocycles. The fraction of sp³-hybridized carbons (Fsp3) is 0.235. The summed E-state index contributed by atoms with van der Waals surface area (Å²) in [5, 5.41) is 0. The summed E-state index contributed by atoms with van der Waals surface area (Å²) in [6, 6.07) is 18.0. The molecule has 0 unspecified atom stereocenters. The Bertz CT molecular complexity index is 609. The van der Waals surface area contributed by atoms with Crippen molar-refractivity contribution in [2.45, 2.75) is 13.3 Å². The molecular formula is C17H18N2O. The first-order chi connectivity index (χ1) is 9.75. The van der Waals surface area contributed by atoms with Gasteiger partial charge in [0.15, 0.2) is 0 Å². The number of carbonyl (C=O) groups excluding carboxylic acids is 1. The second-order valence-corrected chi connectivity index (χ2v) is 5.11. The Labute approximate surface area is 119 Å². The summed E-state index contributed by atoms with van der Waals surface area (Å²) >= 11 is 0. The third-order valence-electron chi connectivity index (χ3n) is 3.61. The molecule has 3 nitrogen and oxygen atoms in total. The van der Waals surface area contributed by atoms with Crippen molar-refractivity contribution in [2.75, 3.05) is 22.9 Å². The minimum absolute atomic E-state index is 0.0630. The molecule has 0 aromatic heterocycles. The van der Waals surface area contributed by atoms with Gasteiger partial charge in [-0.1, -0.05) is 30.3 Å². The van der Waals surface area contributed by atoms with Crippen LogP contribution in [0.3, 0.4) is 0 Å². The molecule has 3 rings (SSSR count). The standard InChI is InChI=1S/C17H18N2O/c1-14-7-5-10-16(13-14)19-12-6-11-18(17(19)20)15-8-3-2-4-9-15/h2-5,7-10,13H,6,11-12H2,1H3. The van der Waals surface area contributed by atoms with E-state index in [1.807, 2.05) is 65.3 Å². The van der Waals surface area contributed by atoms with Crippen LogP contribution in [-0.2, 0) is 0 Å². The quantitative estimate of drug-likeness (QED) is 0.810. The minimum atomic E-state index is 0.0630. The lowest BCUT2D eigenvalue weighted by molar-refractivity contribution is 0.248. The number of hydrogen-bond donors (Lipinski definition) is 0. The molecular weight excluding hydrogens is 248 g/mol. The maximum Gasteiger partial charge on any atom is 0.328 e. The van der Waals surface area contributed by atoms with Gasteiger partial charge in [0.1, 0.15) is 0 Å². The van der Waals surface area contributed by atoms with E-state index in [1.54, 1.807) is 0 Å². The van der Waals surface area contributed by atoms with Crippen LogP contribution in [0.4, 0.5) is 16.2 Å². The number of amides is 2. The van der Waals surface area contributed by atoms with E-state index in [0.29, 0.717) is 0 Å². The highest BCUT2D eigenvalue weighted by molar-refractivity contribution is 6.04. The number of carbonyl (C=O) groups is 1. The molecule has 0 aliphatic carbocycles. The van der Waals surface area contributed by atoms with Gasteiger partial charge in [0.05, 0.1) is 0 Å². The highest BCUT2D eigenvalue weighted by Crippen LogP contribution is 2.24. The predicted molar refractivity (Wildman–Crippen MR) is 82.3 cm³/mol. The average molecular weight is 266 g/mol. The topological polar surface area (TPSA) is 23.6 Å². The third kappa shape index (κ3) is 2.39. The second-order valence-electron chi connectivity index (χ2n) is 5.11. The van der Waals surface area contributed by atoms with Crippen molar-refractivity contribution in [1.82, 2.24) is 0 Å². The van der Waals surface area contributed by atoms with Crippen LogP contribution in [0.25, 0.3) is 0 Å². The number of benzene rings is 2. The molecule has 0 N–H and O–H groups in total. The monoisotopic (exact) mass is 266 g/mol. The van der Waals surface area contributed by atoms with Crippen LogP contribution >= 0.6 is 0 Å². The van der Waals surface area contributed by atoms with Crippen LogP contribution in [-0.4, -0.2) is 19.1 Å². The molecule has 2 aromatic rings. The van der Waals surface area contributed by atoms with E-state index < -0.39 is 0 Å².